The second-order valence-corrected chi connectivity index (χ2v) is 9.94. The smallest absolute Gasteiger partial charge is 0.270 e. The predicted molar refractivity (Wildman–Crippen MR) is 156 cm³/mol. The van der Waals surface area contributed by atoms with Crippen LogP contribution < -0.4 is 15.1 Å². The van der Waals surface area contributed by atoms with Gasteiger partial charge in [0.1, 0.15) is 5.57 Å². The van der Waals surface area contributed by atoms with Crippen LogP contribution in [0.25, 0.3) is 11.8 Å². The molecule has 1 saturated heterocycles. The van der Waals surface area contributed by atoms with Crippen LogP contribution in [0.2, 0.25) is 0 Å². The lowest BCUT2D eigenvalue weighted by molar-refractivity contribution is -0.122. The minimum absolute atomic E-state index is 0.0543. The van der Waals surface area contributed by atoms with E-state index in [0.717, 1.165) is 41.3 Å². The summed E-state index contributed by atoms with van der Waals surface area (Å²) in [6.07, 6.45) is 1.66. The predicted octanol–water partition coefficient (Wildman–Crippen LogP) is 5.90. The van der Waals surface area contributed by atoms with Crippen LogP contribution in [0, 0.1) is 13.8 Å². The Labute approximate surface area is 224 Å². The van der Waals surface area contributed by atoms with Crippen molar-refractivity contribution in [2.75, 3.05) is 22.9 Å². The Hall–Kier alpha value is -3.71. The molecule has 0 unspecified atom stereocenters. The van der Waals surface area contributed by atoms with Crippen molar-refractivity contribution in [2.24, 2.45) is 0 Å². The van der Waals surface area contributed by atoms with Crippen LogP contribution >= 0.6 is 12.2 Å². The highest BCUT2D eigenvalue weighted by Gasteiger charge is 2.34. The number of benzene rings is 2. The van der Waals surface area contributed by atoms with Gasteiger partial charge in [-0.05, 0) is 105 Å². The number of aryl methyl sites for hydroxylation is 1. The third-order valence-electron chi connectivity index (χ3n) is 6.93. The number of rotatable bonds is 7. The van der Waals surface area contributed by atoms with Gasteiger partial charge < -0.3 is 9.47 Å². The lowest BCUT2D eigenvalue weighted by atomic mass is 10.0. The molecule has 2 heterocycles. The van der Waals surface area contributed by atoms with Gasteiger partial charge in [-0.25, -0.2) is 0 Å². The molecule has 4 rings (SSSR count). The van der Waals surface area contributed by atoms with E-state index in [-0.39, 0.29) is 10.7 Å². The van der Waals surface area contributed by atoms with Crippen LogP contribution in [-0.2, 0) is 9.59 Å². The number of nitrogens with one attached hydrogen (secondary N) is 1. The first kappa shape index (κ1) is 26.4. The first-order chi connectivity index (χ1) is 17.7. The number of amides is 2. The molecule has 6 nitrogen and oxygen atoms in total. The quantitative estimate of drug-likeness (QED) is 0.242. The molecule has 37 heavy (non-hydrogen) atoms. The van der Waals surface area contributed by atoms with Crippen molar-refractivity contribution in [1.82, 2.24) is 9.88 Å². The van der Waals surface area contributed by atoms with Gasteiger partial charge >= 0.3 is 0 Å². The van der Waals surface area contributed by atoms with E-state index in [1.807, 2.05) is 44.2 Å². The van der Waals surface area contributed by atoms with Crippen LogP contribution in [0.3, 0.4) is 0 Å². The first-order valence-corrected chi connectivity index (χ1v) is 13.1. The summed E-state index contributed by atoms with van der Waals surface area (Å²) in [5.41, 5.74) is 6.83. The summed E-state index contributed by atoms with van der Waals surface area (Å²) in [6, 6.07) is 18.1. The summed E-state index contributed by atoms with van der Waals surface area (Å²) in [4.78, 5) is 30.0. The molecular formula is C30H34N4O2S. The van der Waals surface area contributed by atoms with E-state index in [1.54, 1.807) is 6.08 Å². The van der Waals surface area contributed by atoms with Gasteiger partial charge in [-0.3, -0.25) is 19.8 Å². The van der Waals surface area contributed by atoms with Gasteiger partial charge in [0.05, 0.1) is 5.69 Å². The zero-order valence-corrected chi connectivity index (χ0v) is 23.1. The normalized spacial score (nSPS) is 15.1. The fourth-order valence-corrected chi connectivity index (χ4v) is 5.07. The highest BCUT2D eigenvalue weighted by molar-refractivity contribution is 7.80. The van der Waals surface area contributed by atoms with E-state index >= 15 is 0 Å². The third-order valence-corrected chi connectivity index (χ3v) is 7.21. The topological polar surface area (TPSA) is 57.6 Å². The van der Waals surface area contributed by atoms with E-state index in [2.05, 4.69) is 66.7 Å². The van der Waals surface area contributed by atoms with Gasteiger partial charge in [0.25, 0.3) is 11.8 Å². The number of hydrogen-bond acceptors (Lipinski definition) is 4. The Kier molecular flexibility index (Phi) is 7.64. The minimum Gasteiger partial charge on any atom is -0.372 e. The number of hydrogen-bond donors (Lipinski definition) is 1. The number of anilines is 2. The zero-order chi connectivity index (χ0) is 26.9. The molecule has 0 atom stereocenters. The van der Waals surface area contributed by atoms with Crippen LogP contribution in [-0.4, -0.2) is 34.6 Å². The summed E-state index contributed by atoms with van der Waals surface area (Å²) in [5.74, 6) is -0.547. The summed E-state index contributed by atoms with van der Waals surface area (Å²) in [5, 5.41) is 2.77. The second kappa shape index (κ2) is 10.7. The van der Waals surface area contributed by atoms with Crippen molar-refractivity contribution in [3.63, 3.8) is 0 Å². The van der Waals surface area contributed by atoms with E-state index in [0.29, 0.717) is 11.6 Å². The minimum atomic E-state index is -0.488. The lowest BCUT2D eigenvalue weighted by Crippen LogP contribution is -2.54. The summed E-state index contributed by atoms with van der Waals surface area (Å²) >= 11 is 5.36. The molecule has 0 spiro atoms. The fourth-order valence-electron chi connectivity index (χ4n) is 4.79. The van der Waals surface area contributed by atoms with Crippen molar-refractivity contribution >= 4 is 46.6 Å². The van der Waals surface area contributed by atoms with E-state index in [1.165, 1.54) is 10.6 Å². The van der Waals surface area contributed by atoms with E-state index in [9.17, 15) is 9.59 Å². The molecule has 0 aliphatic carbocycles. The zero-order valence-electron chi connectivity index (χ0n) is 22.3. The maximum atomic E-state index is 13.5. The highest BCUT2D eigenvalue weighted by atomic mass is 32.1. The van der Waals surface area contributed by atoms with Crippen LogP contribution in [0.15, 0.2) is 60.2 Å². The van der Waals surface area contributed by atoms with Crippen LogP contribution in [0.1, 0.15) is 56.1 Å². The van der Waals surface area contributed by atoms with Crippen molar-refractivity contribution in [3.05, 3.63) is 82.7 Å². The standard InChI is InChI=1S/C30H34N4O2S/c1-7-32(8-2)24-13-15-25(16-14-24)33-20(5)17-23(21(33)6)18-27-28(35)31-30(37)34(29(27)36)26-11-9-22(10-12-26)19(3)4/h9-19H,7-8H2,1-6H3,(H,31,35,37)/b27-18+. The number of thiocarbonyl (C=S) groups is 1. The number of carbonyl (C=O) groups is 2. The molecule has 1 fully saturated rings. The summed E-state index contributed by atoms with van der Waals surface area (Å²) < 4.78 is 2.14. The Morgan fingerprint density at radius 2 is 1.54 bits per heavy atom. The molecule has 1 aliphatic rings. The first-order valence-electron chi connectivity index (χ1n) is 12.7. The van der Waals surface area contributed by atoms with E-state index in [4.69, 9.17) is 12.2 Å². The van der Waals surface area contributed by atoms with Crippen molar-refractivity contribution < 1.29 is 9.59 Å². The highest BCUT2D eigenvalue weighted by Crippen LogP contribution is 2.28. The average molecular weight is 515 g/mol. The Bertz CT molecular complexity index is 1360. The molecule has 2 amide bonds. The summed E-state index contributed by atoms with van der Waals surface area (Å²) in [6.45, 7) is 14.4. The molecule has 0 radical (unpaired) electrons. The molecule has 1 aliphatic heterocycles. The molecule has 1 N–H and O–H groups in total. The van der Waals surface area contributed by atoms with Gasteiger partial charge in [0.15, 0.2) is 5.11 Å². The number of nitrogens with zero attached hydrogens (tertiary/aromatic N) is 3. The van der Waals surface area contributed by atoms with Crippen molar-refractivity contribution in [1.29, 1.82) is 0 Å². The largest absolute Gasteiger partial charge is 0.372 e. The van der Waals surface area contributed by atoms with Gasteiger partial charge in [-0.1, -0.05) is 26.0 Å². The number of aromatic nitrogens is 1. The molecule has 7 heteroatoms. The van der Waals surface area contributed by atoms with Crippen molar-refractivity contribution in [3.8, 4) is 5.69 Å². The molecule has 2 aromatic carbocycles. The Balaban J connectivity index is 1.68. The molecular weight excluding hydrogens is 480 g/mol. The molecule has 3 aromatic rings. The van der Waals surface area contributed by atoms with Gasteiger partial charge in [-0.15, -0.1) is 0 Å². The molecule has 192 valence electrons. The van der Waals surface area contributed by atoms with Crippen molar-refractivity contribution in [2.45, 2.75) is 47.5 Å². The second-order valence-electron chi connectivity index (χ2n) is 9.55. The van der Waals surface area contributed by atoms with Crippen LogP contribution in [0.4, 0.5) is 11.4 Å². The molecule has 0 bridgehead atoms. The Morgan fingerprint density at radius 3 is 2.11 bits per heavy atom. The summed E-state index contributed by atoms with van der Waals surface area (Å²) in [7, 11) is 0. The monoisotopic (exact) mass is 514 g/mol. The van der Waals surface area contributed by atoms with Gasteiger partial charge in [0, 0.05) is 35.9 Å². The maximum Gasteiger partial charge on any atom is 0.270 e. The number of carbonyl (C=O) groups excluding carboxylic acids is 2. The van der Waals surface area contributed by atoms with E-state index < -0.39 is 11.8 Å². The Morgan fingerprint density at radius 1 is 0.946 bits per heavy atom. The molecule has 0 saturated carbocycles. The van der Waals surface area contributed by atoms with Gasteiger partial charge in [-0.2, -0.15) is 0 Å². The SMILES string of the molecule is CCN(CC)c1ccc(-n2c(C)cc(/C=C3\C(=O)NC(=S)N(c4ccc(C(C)C)cc4)C3=O)c2C)cc1. The fraction of sp³-hybridized carbons (Fsp3) is 0.300. The maximum absolute atomic E-state index is 13.5. The average Bonchev–Trinajstić information content (AvgIpc) is 3.15. The molecule has 1 aromatic heterocycles. The van der Waals surface area contributed by atoms with Crippen LogP contribution in [0.5, 0.6) is 0 Å². The lowest BCUT2D eigenvalue weighted by Gasteiger charge is -2.29. The van der Waals surface area contributed by atoms with Gasteiger partial charge in [0.2, 0.25) is 0 Å². The third kappa shape index (κ3) is 5.09.